The summed E-state index contributed by atoms with van der Waals surface area (Å²) in [6.45, 7) is 2.19. The quantitative estimate of drug-likeness (QED) is 0.284. The summed E-state index contributed by atoms with van der Waals surface area (Å²) >= 11 is 6.32. The lowest BCUT2D eigenvalue weighted by atomic mass is 10.1. The summed E-state index contributed by atoms with van der Waals surface area (Å²) in [5, 5.41) is 19.8. The zero-order chi connectivity index (χ0) is 26.2. The van der Waals surface area contributed by atoms with Crippen LogP contribution in [-0.2, 0) is 11.3 Å². The molecular formula is C28H26ClN5O3. The summed E-state index contributed by atoms with van der Waals surface area (Å²) in [6, 6.07) is 18.3. The number of hydrogen-bond donors (Lipinski definition) is 4. The third-order valence-electron chi connectivity index (χ3n) is 6.45. The molecule has 9 heteroatoms. The van der Waals surface area contributed by atoms with Crippen LogP contribution < -0.4 is 16.0 Å². The number of fused-ring (bicyclic) bond motifs is 1. The summed E-state index contributed by atoms with van der Waals surface area (Å²) in [4.78, 5) is 34.6. The van der Waals surface area contributed by atoms with E-state index in [0.717, 1.165) is 16.5 Å². The molecule has 1 fully saturated rings. The van der Waals surface area contributed by atoms with Crippen LogP contribution in [0.4, 0.5) is 11.5 Å². The SMILES string of the molecule is CNc1nc(-c2ccccc2C)nc2cc(NC(=O)c3cc(CNC(=O)C4(O)CC4)ccc3Cl)ccc12. The van der Waals surface area contributed by atoms with Crippen LogP contribution in [0, 0.1) is 6.92 Å². The predicted molar refractivity (Wildman–Crippen MR) is 145 cm³/mol. The van der Waals surface area contributed by atoms with Crippen LogP contribution in [0.5, 0.6) is 0 Å². The van der Waals surface area contributed by atoms with Crippen LogP contribution in [-0.4, -0.2) is 39.5 Å². The molecule has 1 saturated carbocycles. The summed E-state index contributed by atoms with van der Waals surface area (Å²) in [7, 11) is 1.81. The highest BCUT2D eigenvalue weighted by Crippen LogP contribution is 2.35. The molecule has 0 saturated heterocycles. The van der Waals surface area contributed by atoms with E-state index < -0.39 is 11.5 Å². The lowest BCUT2D eigenvalue weighted by Crippen LogP contribution is -2.35. The van der Waals surface area contributed by atoms with Crippen molar-refractivity contribution in [1.29, 1.82) is 0 Å². The van der Waals surface area contributed by atoms with Crippen molar-refractivity contribution in [3.63, 3.8) is 0 Å². The summed E-state index contributed by atoms with van der Waals surface area (Å²) in [5.74, 6) is 0.486. The molecule has 1 aromatic heterocycles. The number of benzene rings is 3. The molecule has 5 rings (SSSR count). The van der Waals surface area contributed by atoms with Crippen LogP contribution in [0.3, 0.4) is 0 Å². The Labute approximate surface area is 219 Å². The topological polar surface area (TPSA) is 116 Å². The standard InChI is InChI=1S/C28H26ClN5O3/c1-16-5-3-4-6-19(16)25-33-23-14-18(8-9-20(23)24(30-2)34-25)32-26(35)21-13-17(7-10-22(21)29)15-31-27(36)28(37)11-12-28/h3-10,13-14,37H,11-12,15H2,1-2H3,(H,31,36)(H,32,35)(H,30,33,34). The summed E-state index contributed by atoms with van der Waals surface area (Å²) < 4.78 is 0. The molecule has 2 amide bonds. The van der Waals surface area contributed by atoms with Crippen LogP contribution in [0.1, 0.15) is 34.3 Å². The van der Waals surface area contributed by atoms with Gasteiger partial charge in [-0.2, -0.15) is 0 Å². The third-order valence-corrected chi connectivity index (χ3v) is 6.78. The fraction of sp³-hybridized carbons (Fsp3) is 0.214. The second-order valence-corrected chi connectivity index (χ2v) is 9.58. The fourth-order valence-corrected chi connectivity index (χ4v) is 4.29. The molecule has 1 aliphatic carbocycles. The molecule has 0 aliphatic heterocycles. The van der Waals surface area contributed by atoms with Gasteiger partial charge < -0.3 is 21.1 Å². The molecule has 4 aromatic rings. The lowest BCUT2D eigenvalue weighted by Gasteiger charge is -2.13. The van der Waals surface area contributed by atoms with E-state index in [0.29, 0.717) is 41.3 Å². The minimum Gasteiger partial charge on any atom is -0.380 e. The lowest BCUT2D eigenvalue weighted by molar-refractivity contribution is -0.131. The highest BCUT2D eigenvalue weighted by atomic mass is 35.5. The molecule has 0 bridgehead atoms. The van der Waals surface area contributed by atoms with E-state index in [2.05, 4.69) is 20.9 Å². The molecule has 8 nitrogen and oxygen atoms in total. The minimum atomic E-state index is -1.25. The summed E-state index contributed by atoms with van der Waals surface area (Å²) in [5.41, 5.74) is 2.94. The van der Waals surface area contributed by atoms with Gasteiger partial charge in [-0.3, -0.25) is 9.59 Å². The van der Waals surface area contributed by atoms with Crippen molar-refractivity contribution in [1.82, 2.24) is 15.3 Å². The molecule has 37 heavy (non-hydrogen) atoms. The average molecular weight is 516 g/mol. The van der Waals surface area contributed by atoms with Crippen molar-refractivity contribution >= 4 is 45.8 Å². The Morgan fingerprint density at radius 1 is 1.05 bits per heavy atom. The van der Waals surface area contributed by atoms with Crippen molar-refractivity contribution in [3.05, 3.63) is 82.4 Å². The number of aliphatic hydroxyl groups is 1. The monoisotopic (exact) mass is 515 g/mol. The van der Waals surface area contributed by atoms with Crippen molar-refractivity contribution in [2.75, 3.05) is 17.7 Å². The number of amides is 2. The van der Waals surface area contributed by atoms with Crippen molar-refractivity contribution < 1.29 is 14.7 Å². The molecule has 0 radical (unpaired) electrons. The number of nitrogens with zero attached hydrogens (tertiary/aromatic N) is 2. The van der Waals surface area contributed by atoms with Gasteiger partial charge in [-0.25, -0.2) is 9.97 Å². The van der Waals surface area contributed by atoms with Crippen LogP contribution in [0.15, 0.2) is 60.7 Å². The number of rotatable bonds is 7. The van der Waals surface area contributed by atoms with Crippen LogP contribution in [0.25, 0.3) is 22.3 Å². The van der Waals surface area contributed by atoms with Gasteiger partial charge in [0.05, 0.1) is 16.1 Å². The number of anilines is 2. The van der Waals surface area contributed by atoms with E-state index in [4.69, 9.17) is 16.6 Å². The van der Waals surface area contributed by atoms with Gasteiger partial charge in [0.2, 0.25) is 0 Å². The first-order valence-electron chi connectivity index (χ1n) is 11.9. The van der Waals surface area contributed by atoms with Gasteiger partial charge in [0.25, 0.3) is 11.8 Å². The van der Waals surface area contributed by atoms with E-state index in [1.54, 1.807) is 30.3 Å². The minimum absolute atomic E-state index is 0.181. The van der Waals surface area contributed by atoms with Crippen molar-refractivity contribution in [2.24, 2.45) is 0 Å². The highest BCUT2D eigenvalue weighted by Gasteiger charge is 2.47. The molecule has 1 aliphatic rings. The van der Waals surface area contributed by atoms with E-state index in [-0.39, 0.29) is 23.0 Å². The number of hydrogen-bond acceptors (Lipinski definition) is 6. The summed E-state index contributed by atoms with van der Waals surface area (Å²) in [6.07, 6.45) is 0.929. The van der Waals surface area contributed by atoms with E-state index in [1.807, 2.05) is 44.3 Å². The van der Waals surface area contributed by atoms with Gasteiger partial charge in [-0.1, -0.05) is 41.9 Å². The molecule has 4 N–H and O–H groups in total. The molecule has 0 spiro atoms. The first-order valence-corrected chi connectivity index (χ1v) is 12.3. The average Bonchev–Trinajstić information content (AvgIpc) is 3.65. The zero-order valence-electron chi connectivity index (χ0n) is 20.4. The Morgan fingerprint density at radius 3 is 2.57 bits per heavy atom. The van der Waals surface area contributed by atoms with E-state index >= 15 is 0 Å². The fourth-order valence-electron chi connectivity index (χ4n) is 4.09. The van der Waals surface area contributed by atoms with E-state index in [1.165, 1.54) is 0 Å². The highest BCUT2D eigenvalue weighted by molar-refractivity contribution is 6.34. The Hall–Kier alpha value is -4.01. The molecule has 0 atom stereocenters. The third kappa shape index (κ3) is 5.12. The van der Waals surface area contributed by atoms with Gasteiger partial charge in [-0.05, 0) is 61.2 Å². The molecular weight excluding hydrogens is 490 g/mol. The Kier molecular flexibility index (Phi) is 6.54. The molecule has 1 heterocycles. The largest absolute Gasteiger partial charge is 0.380 e. The molecule has 188 valence electrons. The second-order valence-electron chi connectivity index (χ2n) is 9.18. The number of aryl methyl sites for hydroxylation is 1. The maximum absolute atomic E-state index is 13.1. The number of aromatic nitrogens is 2. The van der Waals surface area contributed by atoms with Gasteiger partial charge in [0.15, 0.2) is 5.82 Å². The number of carbonyl (C=O) groups excluding carboxylic acids is 2. The first-order chi connectivity index (χ1) is 17.8. The Balaban J connectivity index is 1.39. The smallest absolute Gasteiger partial charge is 0.257 e. The maximum Gasteiger partial charge on any atom is 0.257 e. The maximum atomic E-state index is 13.1. The van der Waals surface area contributed by atoms with Crippen LogP contribution in [0.2, 0.25) is 5.02 Å². The Morgan fingerprint density at radius 2 is 1.84 bits per heavy atom. The Bertz CT molecular complexity index is 1530. The van der Waals surface area contributed by atoms with E-state index in [9.17, 15) is 14.7 Å². The van der Waals surface area contributed by atoms with Gasteiger partial charge in [0.1, 0.15) is 11.4 Å². The van der Waals surface area contributed by atoms with Crippen molar-refractivity contribution in [2.45, 2.75) is 31.9 Å². The number of carbonyl (C=O) groups is 2. The van der Waals surface area contributed by atoms with Crippen molar-refractivity contribution in [3.8, 4) is 11.4 Å². The normalized spacial score (nSPS) is 13.7. The molecule has 3 aromatic carbocycles. The van der Waals surface area contributed by atoms with Gasteiger partial charge >= 0.3 is 0 Å². The van der Waals surface area contributed by atoms with Crippen LogP contribution >= 0.6 is 11.6 Å². The molecule has 0 unspecified atom stereocenters. The van der Waals surface area contributed by atoms with Gasteiger partial charge in [-0.15, -0.1) is 0 Å². The first kappa shape index (κ1) is 24.7. The zero-order valence-corrected chi connectivity index (χ0v) is 21.2. The second kappa shape index (κ2) is 9.80. The number of nitrogens with one attached hydrogen (secondary N) is 3. The predicted octanol–water partition coefficient (Wildman–Crippen LogP) is 4.69. The van der Waals surface area contributed by atoms with Gasteiger partial charge in [0, 0.05) is 30.2 Å². The number of halogens is 1.